The van der Waals surface area contributed by atoms with Crippen molar-refractivity contribution >= 4 is 39.6 Å². The van der Waals surface area contributed by atoms with Crippen molar-refractivity contribution in [2.45, 2.75) is 19.9 Å². The number of thiazole rings is 1. The number of rotatable bonds is 5. The van der Waals surface area contributed by atoms with Gasteiger partial charge in [0.1, 0.15) is 15.7 Å². The first-order valence-electron chi connectivity index (χ1n) is 6.30. The standard InChI is InChI=1S/C13H15N3O3S2/c1-3-19-13(18)8-4-5-20-12(8)16-10(17)9-6-21-11(15-9)7(2)14/h4-7H,3,14H2,1-2H3,(H,16,17). The second-order valence-corrected chi connectivity index (χ2v) is 6.00. The molecular weight excluding hydrogens is 310 g/mol. The second kappa shape index (κ2) is 6.79. The molecule has 3 N–H and O–H groups in total. The smallest absolute Gasteiger partial charge is 0.341 e. The van der Waals surface area contributed by atoms with Crippen LogP contribution in [0.25, 0.3) is 0 Å². The molecule has 21 heavy (non-hydrogen) atoms. The maximum absolute atomic E-state index is 12.1. The zero-order valence-electron chi connectivity index (χ0n) is 11.6. The van der Waals surface area contributed by atoms with Crippen molar-refractivity contribution in [2.24, 2.45) is 5.73 Å². The van der Waals surface area contributed by atoms with E-state index < -0.39 is 5.97 Å². The van der Waals surface area contributed by atoms with E-state index in [-0.39, 0.29) is 24.2 Å². The number of hydrogen-bond donors (Lipinski definition) is 2. The van der Waals surface area contributed by atoms with E-state index in [1.807, 2.05) is 0 Å². The number of hydrogen-bond acceptors (Lipinski definition) is 7. The number of carbonyl (C=O) groups excluding carboxylic acids is 2. The number of esters is 1. The summed E-state index contributed by atoms with van der Waals surface area (Å²) in [5.74, 6) is -0.824. The van der Waals surface area contributed by atoms with Crippen LogP contribution in [0.15, 0.2) is 16.8 Å². The topological polar surface area (TPSA) is 94.3 Å². The van der Waals surface area contributed by atoms with Crippen molar-refractivity contribution < 1.29 is 14.3 Å². The summed E-state index contributed by atoms with van der Waals surface area (Å²) in [6.07, 6.45) is 0. The average Bonchev–Trinajstić information content (AvgIpc) is 3.07. The fraction of sp³-hybridized carbons (Fsp3) is 0.308. The molecule has 0 saturated carbocycles. The Kier molecular flexibility index (Phi) is 5.05. The van der Waals surface area contributed by atoms with Crippen LogP contribution in [0, 0.1) is 0 Å². The first-order chi connectivity index (χ1) is 10.0. The summed E-state index contributed by atoms with van der Waals surface area (Å²) in [4.78, 5) is 28.0. The lowest BCUT2D eigenvalue weighted by Gasteiger charge is -2.04. The highest BCUT2D eigenvalue weighted by Crippen LogP contribution is 2.25. The Balaban J connectivity index is 2.12. The van der Waals surface area contributed by atoms with Gasteiger partial charge in [0, 0.05) is 5.38 Å². The van der Waals surface area contributed by atoms with E-state index in [0.717, 1.165) is 0 Å². The Morgan fingerprint density at radius 2 is 2.24 bits per heavy atom. The Morgan fingerprint density at radius 3 is 2.86 bits per heavy atom. The molecule has 1 atom stereocenters. The van der Waals surface area contributed by atoms with Gasteiger partial charge in [-0.05, 0) is 25.3 Å². The summed E-state index contributed by atoms with van der Waals surface area (Å²) in [7, 11) is 0. The number of thiophene rings is 1. The monoisotopic (exact) mass is 325 g/mol. The van der Waals surface area contributed by atoms with Gasteiger partial charge in [-0.25, -0.2) is 9.78 Å². The molecule has 0 aliphatic rings. The van der Waals surface area contributed by atoms with Gasteiger partial charge >= 0.3 is 5.97 Å². The molecule has 0 radical (unpaired) electrons. The summed E-state index contributed by atoms with van der Waals surface area (Å²) >= 11 is 2.59. The lowest BCUT2D eigenvalue weighted by atomic mass is 10.3. The van der Waals surface area contributed by atoms with Gasteiger partial charge < -0.3 is 15.8 Å². The maximum Gasteiger partial charge on any atom is 0.341 e. The summed E-state index contributed by atoms with van der Waals surface area (Å²) < 4.78 is 4.94. The van der Waals surface area contributed by atoms with Crippen LogP contribution in [0.2, 0.25) is 0 Å². The van der Waals surface area contributed by atoms with Crippen molar-refractivity contribution in [1.29, 1.82) is 0 Å². The molecule has 0 fully saturated rings. The predicted octanol–water partition coefficient (Wildman–Crippen LogP) is 2.65. The molecule has 0 aromatic carbocycles. The minimum atomic E-state index is -0.455. The zero-order chi connectivity index (χ0) is 15.4. The van der Waals surface area contributed by atoms with Crippen molar-refractivity contribution in [3.8, 4) is 0 Å². The molecular formula is C13H15N3O3S2. The molecule has 2 aromatic rings. The largest absolute Gasteiger partial charge is 0.462 e. The van der Waals surface area contributed by atoms with Crippen LogP contribution >= 0.6 is 22.7 Å². The van der Waals surface area contributed by atoms with E-state index in [1.165, 1.54) is 22.7 Å². The van der Waals surface area contributed by atoms with E-state index >= 15 is 0 Å². The van der Waals surface area contributed by atoms with Gasteiger partial charge in [0.05, 0.1) is 18.2 Å². The third-order valence-electron chi connectivity index (χ3n) is 2.53. The molecule has 2 aromatic heterocycles. The highest BCUT2D eigenvalue weighted by molar-refractivity contribution is 7.14. The fourth-order valence-electron chi connectivity index (χ4n) is 1.54. The number of amides is 1. The number of carbonyl (C=O) groups is 2. The fourth-order valence-corrected chi connectivity index (χ4v) is 3.07. The number of aromatic nitrogens is 1. The van der Waals surface area contributed by atoms with Crippen LogP contribution < -0.4 is 11.1 Å². The summed E-state index contributed by atoms with van der Waals surface area (Å²) in [6.45, 7) is 3.82. The van der Waals surface area contributed by atoms with Crippen LogP contribution in [-0.2, 0) is 4.74 Å². The molecule has 2 rings (SSSR count). The molecule has 0 aliphatic carbocycles. The molecule has 112 valence electrons. The molecule has 2 heterocycles. The SMILES string of the molecule is CCOC(=O)c1ccsc1NC(=O)c1csc(C(C)N)n1. The van der Waals surface area contributed by atoms with Crippen LogP contribution in [-0.4, -0.2) is 23.5 Å². The molecule has 0 spiro atoms. The maximum atomic E-state index is 12.1. The number of nitrogens with zero attached hydrogens (tertiary/aromatic N) is 1. The highest BCUT2D eigenvalue weighted by Gasteiger charge is 2.18. The van der Waals surface area contributed by atoms with E-state index in [4.69, 9.17) is 10.5 Å². The van der Waals surface area contributed by atoms with Crippen LogP contribution in [0.3, 0.4) is 0 Å². The molecule has 8 heteroatoms. The normalized spacial score (nSPS) is 12.0. The van der Waals surface area contributed by atoms with Gasteiger partial charge in [0.25, 0.3) is 5.91 Å². The third-order valence-corrected chi connectivity index (χ3v) is 4.41. The number of ether oxygens (including phenoxy) is 1. The third kappa shape index (κ3) is 3.66. The van der Waals surface area contributed by atoms with Crippen LogP contribution in [0.1, 0.15) is 45.7 Å². The van der Waals surface area contributed by atoms with Gasteiger partial charge in [-0.2, -0.15) is 0 Å². The first kappa shape index (κ1) is 15.6. The Hall–Kier alpha value is -1.77. The molecule has 0 bridgehead atoms. The van der Waals surface area contributed by atoms with Crippen molar-refractivity contribution in [3.63, 3.8) is 0 Å². The quantitative estimate of drug-likeness (QED) is 0.824. The van der Waals surface area contributed by atoms with Crippen molar-refractivity contribution in [1.82, 2.24) is 4.98 Å². The lowest BCUT2D eigenvalue weighted by molar-refractivity contribution is 0.0528. The minimum absolute atomic E-state index is 0.214. The zero-order valence-corrected chi connectivity index (χ0v) is 13.2. The van der Waals surface area contributed by atoms with Crippen molar-refractivity contribution in [3.05, 3.63) is 33.1 Å². The minimum Gasteiger partial charge on any atom is -0.462 e. The van der Waals surface area contributed by atoms with E-state index in [9.17, 15) is 9.59 Å². The number of anilines is 1. The summed E-state index contributed by atoms with van der Waals surface area (Å²) in [5.41, 5.74) is 6.35. The van der Waals surface area contributed by atoms with Gasteiger partial charge in [-0.3, -0.25) is 4.79 Å². The predicted molar refractivity (Wildman–Crippen MR) is 82.9 cm³/mol. The first-order valence-corrected chi connectivity index (χ1v) is 8.05. The molecule has 0 saturated heterocycles. The van der Waals surface area contributed by atoms with Crippen LogP contribution in [0.4, 0.5) is 5.00 Å². The Bertz CT molecular complexity index is 649. The van der Waals surface area contributed by atoms with E-state index in [2.05, 4.69) is 10.3 Å². The lowest BCUT2D eigenvalue weighted by Crippen LogP contribution is -2.15. The summed E-state index contributed by atoms with van der Waals surface area (Å²) in [5, 5.41) is 7.19. The Morgan fingerprint density at radius 1 is 1.48 bits per heavy atom. The van der Waals surface area contributed by atoms with Gasteiger partial charge in [0.2, 0.25) is 0 Å². The van der Waals surface area contributed by atoms with Crippen molar-refractivity contribution in [2.75, 3.05) is 11.9 Å². The number of nitrogens with one attached hydrogen (secondary N) is 1. The van der Waals surface area contributed by atoms with E-state index in [0.29, 0.717) is 15.6 Å². The highest BCUT2D eigenvalue weighted by atomic mass is 32.1. The molecule has 1 amide bonds. The molecule has 0 aliphatic heterocycles. The average molecular weight is 325 g/mol. The van der Waals surface area contributed by atoms with Gasteiger partial charge in [-0.1, -0.05) is 0 Å². The van der Waals surface area contributed by atoms with Gasteiger partial charge in [-0.15, -0.1) is 22.7 Å². The van der Waals surface area contributed by atoms with Crippen LogP contribution in [0.5, 0.6) is 0 Å². The van der Waals surface area contributed by atoms with E-state index in [1.54, 1.807) is 30.7 Å². The second-order valence-electron chi connectivity index (χ2n) is 4.20. The molecule has 1 unspecified atom stereocenters. The molecule has 6 nitrogen and oxygen atoms in total. The Labute approximate surface area is 130 Å². The van der Waals surface area contributed by atoms with Gasteiger partial charge in [0.15, 0.2) is 0 Å². The number of nitrogens with two attached hydrogens (primary N) is 1. The summed E-state index contributed by atoms with van der Waals surface area (Å²) in [6, 6.07) is 1.40.